The Kier molecular flexibility index (Phi) is 6.75. The third-order valence-corrected chi connectivity index (χ3v) is 11.2. The normalized spacial score (nSPS) is 11.6. The summed E-state index contributed by atoms with van der Waals surface area (Å²) in [4.78, 5) is 2.49. The lowest BCUT2D eigenvalue weighted by Crippen LogP contribution is -2.12. The summed E-state index contributed by atoms with van der Waals surface area (Å²) in [6, 6.07) is 68.9. The first kappa shape index (κ1) is 28.8. The molecule has 0 bridgehead atoms. The van der Waals surface area contributed by atoms with E-state index in [1.807, 2.05) is 11.3 Å². The Morgan fingerprint density at radius 2 is 0.920 bits per heavy atom. The van der Waals surface area contributed by atoms with Gasteiger partial charge in [-0.3, -0.25) is 0 Å². The van der Waals surface area contributed by atoms with Gasteiger partial charge in [0.15, 0.2) is 0 Å². The summed E-state index contributed by atoms with van der Waals surface area (Å²) in [5.41, 5.74) is 8.26. The lowest BCUT2D eigenvalue weighted by Gasteiger charge is -2.30. The fraction of sp³-hybridized carbons (Fsp3) is 0. The molecule has 10 aromatic rings. The second kappa shape index (κ2) is 11.7. The van der Waals surface area contributed by atoms with Gasteiger partial charge in [0.25, 0.3) is 0 Å². The molecule has 2 heteroatoms. The van der Waals surface area contributed by atoms with Crippen molar-refractivity contribution in [2.24, 2.45) is 0 Å². The zero-order valence-electron chi connectivity index (χ0n) is 27.3. The van der Waals surface area contributed by atoms with Crippen LogP contribution in [-0.4, -0.2) is 0 Å². The van der Waals surface area contributed by atoms with Crippen LogP contribution in [0.3, 0.4) is 0 Å². The van der Waals surface area contributed by atoms with E-state index in [1.54, 1.807) is 0 Å². The Bertz CT molecular complexity index is 2890. The molecule has 234 valence electrons. The van der Waals surface area contributed by atoms with Crippen molar-refractivity contribution in [3.05, 3.63) is 188 Å². The number of fused-ring (bicyclic) bond motifs is 7. The summed E-state index contributed by atoms with van der Waals surface area (Å²) in [5.74, 6) is 0. The largest absolute Gasteiger partial charge is 0.309 e. The van der Waals surface area contributed by atoms with Crippen LogP contribution >= 0.6 is 11.3 Å². The molecular formula is C48H31NS. The maximum Gasteiger partial charge on any atom is 0.0546 e. The molecule has 0 N–H and O–H groups in total. The minimum atomic E-state index is 1.14. The first-order valence-corrected chi connectivity index (χ1v) is 17.9. The summed E-state index contributed by atoms with van der Waals surface area (Å²) >= 11 is 1.86. The van der Waals surface area contributed by atoms with Crippen molar-refractivity contribution in [2.45, 2.75) is 0 Å². The molecule has 1 nitrogen and oxygen atoms in total. The lowest BCUT2D eigenvalue weighted by molar-refractivity contribution is 1.31. The van der Waals surface area contributed by atoms with Crippen LogP contribution in [0.5, 0.6) is 0 Å². The van der Waals surface area contributed by atoms with Crippen LogP contribution in [0.4, 0.5) is 17.1 Å². The summed E-state index contributed by atoms with van der Waals surface area (Å²) in [6.45, 7) is 0. The summed E-state index contributed by atoms with van der Waals surface area (Å²) in [5, 5.41) is 10.1. The first-order valence-electron chi connectivity index (χ1n) is 17.1. The number of hydrogen-bond acceptors (Lipinski definition) is 2. The van der Waals surface area contributed by atoms with Crippen LogP contribution in [0.1, 0.15) is 0 Å². The Morgan fingerprint density at radius 3 is 1.80 bits per heavy atom. The molecule has 1 aromatic heterocycles. The van der Waals surface area contributed by atoms with Gasteiger partial charge in [-0.25, -0.2) is 0 Å². The maximum absolute atomic E-state index is 2.49. The Labute approximate surface area is 294 Å². The van der Waals surface area contributed by atoms with Crippen LogP contribution in [0.2, 0.25) is 0 Å². The standard InChI is InChI=1S/C48H31NS/c1-3-18-37-32(13-1)15-12-24-38(37)33-16-11-17-34(29-33)40-20-7-9-25-45(40)49(36-27-28-48-44(31-36)43-23-8-10-26-47(43)50-48)46-30-35-14-2-4-19-39(35)41-21-5-6-22-42(41)46/h1-31H. The molecule has 0 spiro atoms. The highest BCUT2D eigenvalue weighted by Crippen LogP contribution is 2.47. The molecule has 0 atom stereocenters. The van der Waals surface area contributed by atoms with Gasteiger partial charge < -0.3 is 4.90 Å². The van der Waals surface area contributed by atoms with E-state index in [0.29, 0.717) is 0 Å². The fourth-order valence-corrected chi connectivity index (χ4v) is 8.81. The van der Waals surface area contributed by atoms with E-state index in [0.717, 1.165) is 17.1 Å². The maximum atomic E-state index is 2.49. The molecule has 0 aliphatic carbocycles. The second-order valence-corrected chi connectivity index (χ2v) is 14.0. The molecule has 0 saturated carbocycles. The minimum absolute atomic E-state index is 1.14. The molecule has 0 unspecified atom stereocenters. The predicted molar refractivity (Wildman–Crippen MR) is 217 cm³/mol. The zero-order valence-corrected chi connectivity index (χ0v) is 28.1. The highest BCUT2D eigenvalue weighted by Gasteiger charge is 2.21. The van der Waals surface area contributed by atoms with Gasteiger partial charge in [0.2, 0.25) is 0 Å². The SMILES string of the molecule is c1cc(-c2ccccc2N(c2ccc3sc4ccccc4c3c2)c2cc3ccccc3c3ccccc23)cc(-c2cccc3ccccc23)c1. The number of para-hydroxylation sites is 1. The smallest absolute Gasteiger partial charge is 0.0546 e. The van der Waals surface area contributed by atoms with Crippen molar-refractivity contribution in [2.75, 3.05) is 4.90 Å². The number of thiophene rings is 1. The minimum Gasteiger partial charge on any atom is -0.309 e. The van der Waals surface area contributed by atoms with Crippen molar-refractivity contribution in [1.82, 2.24) is 0 Å². The van der Waals surface area contributed by atoms with Crippen LogP contribution in [0.15, 0.2) is 188 Å². The van der Waals surface area contributed by atoms with Gasteiger partial charge in [0, 0.05) is 36.8 Å². The Balaban J connectivity index is 1.24. The zero-order chi connectivity index (χ0) is 33.0. The number of nitrogens with zero attached hydrogens (tertiary/aromatic N) is 1. The molecule has 10 rings (SSSR count). The monoisotopic (exact) mass is 653 g/mol. The van der Waals surface area contributed by atoms with Gasteiger partial charge in [-0.15, -0.1) is 11.3 Å². The van der Waals surface area contributed by atoms with Crippen molar-refractivity contribution < 1.29 is 0 Å². The van der Waals surface area contributed by atoms with Crippen molar-refractivity contribution in [3.8, 4) is 22.3 Å². The first-order chi connectivity index (χ1) is 24.8. The van der Waals surface area contributed by atoms with Gasteiger partial charge in [-0.2, -0.15) is 0 Å². The van der Waals surface area contributed by atoms with Crippen LogP contribution in [-0.2, 0) is 0 Å². The van der Waals surface area contributed by atoms with Gasteiger partial charge >= 0.3 is 0 Å². The fourth-order valence-electron chi connectivity index (χ4n) is 7.72. The lowest BCUT2D eigenvalue weighted by atomic mass is 9.94. The number of anilines is 3. The molecule has 0 aliphatic heterocycles. The highest BCUT2D eigenvalue weighted by atomic mass is 32.1. The Hall–Kier alpha value is -6.22. The van der Waals surface area contributed by atoms with Crippen molar-refractivity contribution in [3.63, 3.8) is 0 Å². The molecule has 9 aromatic carbocycles. The van der Waals surface area contributed by atoms with Gasteiger partial charge in [0.1, 0.15) is 0 Å². The molecule has 1 heterocycles. The van der Waals surface area contributed by atoms with Gasteiger partial charge in [-0.05, 0) is 86.1 Å². The molecule has 0 saturated heterocycles. The number of benzene rings is 9. The second-order valence-electron chi connectivity index (χ2n) is 12.9. The topological polar surface area (TPSA) is 3.24 Å². The van der Waals surface area contributed by atoms with E-state index in [1.165, 1.54) is 74.7 Å². The molecule has 0 amide bonds. The molecule has 0 aliphatic rings. The van der Waals surface area contributed by atoms with Crippen molar-refractivity contribution in [1.29, 1.82) is 0 Å². The van der Waals surface area contributed by atoms with Crippen molar-refractivity contribution >= 4 is 80.9 Å². The molecule has 0 fully saturated rings. The average Bonchev–Trinajstić information content (AvgIpc) is 3.56. The van der Waals surface area contributed by atoms with Gasteiger partial charge in [-0.1, -0.05) is 146 Å². The van der Waals surface area contributed by atoms with E-state index < -0.39 is 0 Å². The summed E-state index contributed by atoms with van der Waals surface area (Å²) < 4.78 is 2.61. The van der Waals surface area contributed by atoms with E-state index in [-0.39, 0.29) is 0 Å². The highest BCUT2D eigenvalue weighted by molar-refractivity contribution is 7.25. The Morgan fingerprint density at radius 1 is 0.320 bits per heavy atom. The number of hydrogen-bond donors (Lipinski definition) is 0. The van der Waals surface area contributed by atoms with Crippen LogP contribution in [0.25, 0.3) is 74.7 Å². The molecule has 50 heavy (non-hydrogen) atoms. The van der Waals surface area contributed by atoms with Gasteiger partial charge in [0.05, 0.1) is 11.4 Å². The quantitative estimate of drug-likeness (QED) is 0.167. The third-order valence-electron chi connectivity index (χ3n) is 10.0. The van der Waals surface area contributed by atoms with E-state index >= 15 is 0 Å². The number of rotatable bonds is 5. The predicted octanol–water partition coefficient (Wildman–Crippen LogP) is 14.3. The van der Waals surface area contributed by atoms with Crippen LogP contribution < -0.4 is 4.90 Å². The van der Waals surface area contributed by atoms with E-state index in [2.05, 4.69) is 193 Å². The van der Waals surface area contributed by atoms with E-state index in [9.17, 15) is 0 Å². The van der Waals surface area contributed by atoms with Crippen LogP contribution in [0, 0.1) is 0 Å². The third kappa shape index (κ3) is 4.69. The summed E-state index contributed by atoms with van der Waals surface area (Å²) in [6.07, 6.45) is 0. The van der Waals surface area contributed by atoms with E-state index in [4.69, 9.17) is 0 Å². The molecule has 0 radical (unpaired) electrons. The summed E-state index contributed by atoms with van der Waals surface area (Å²) in [7, 11) is 0. The molecular weight excluding hydrogens is 623 g/mol. The average molecular weight is 654 g/mol.